The van der Waals surface area contributed by atoms with Gasteiger partial charge < -0.3 is 19.4 Å². The number of aromatic nitrogens is 2. The highest BCUT2D eigenvalue weighted by Gasteiger charge is 2.20. The minimum absolute atomic E-state index is 0.187. The van der Waals surface area contributed by atoms with Crippen LogP contribution in [0.3, 0.4) is 0 Å². The summed E-state index contributed by atoms with van der Waals surface area (Å²) in [4.78, 5) is 17.9. The normalized spacial score (nSPS) is 11.8. The van der Waals surface area contributed by atoms with Crippen molar-refractivity contribution in [2.45, 2.75) is 12.5 Å². The Morgan fingerprint density at radius 3 is 2.39 bits per heavy atom. The van der Waals surface area contributed by atoms with Crippen molar-refractivity contribution in [3.8, 4) is 11.5 Å². The molecule has 0 aliphatic heterocycles. The van der Waals surface area contributed by atoms with Crippen molar-refractivity contribution in [1.82, 2.24) is 14.9 Å². The molecule has 0 bridgehead atoms. The number of imidazole rings is 1. The third kappa shape index (κ3) is 4.23. The molecule has 1 N–H and O–H groups in total. The van der Waals surface area contributed by atoms with Gasteiger partial charge in [0.25, 0.3) is 5.91 Å². The topological polar surface area (TPSA) is 65.4 Å². The zero-order valence-corrected chi connectivity index (χ0v) is 17.8. The number of fused-ring (bicyclic) bond motifs is 1. The molecule has 0 saturated heterocycles. The van der Waals surface area contributed by atoms with Crippen molar-refractivity contribution in [1.29, 1.82) is 0 Å². The molecule has 0 fully saturated rings. The van der Waals surface area contributed by atoms with E-state index in [4.69, 9.17) is 14.5 Å². The van der Waals surface area contributed by atoms with Crippen molar-refractivity contribution in [2.75, 3.05) is 14.2 Å². The fraction of sp³-hybridized carbons (Fsp3) is 0.200. The van der Waals surface area contributed by atoms with Gasteiger partial charge in [0.15, 0.2) is 11.5 Å². The third-order valence-corrected chi connectivity index (χ3v) is 5.42. The fourth-order valence-electron chi connectivity index (χ4n) is 3.72. The molecule has 6 nitrogen and oxygen atoms in total. The second kappa shape index (κ2) is 8.92. The molecule has 0 spiro atoms. The maximum atomic E-state index is 13.1. The number of methoxy groups -OCH3 is 2. The molecule has 4 aromatic rings. The van der Waals surface area contributed by atoms with Crippen LogP contribution in [0.25, 0.3) is 11.0 Å². The van der Waals surface area contributed by atoms with Crippen molar-refractivity contribution in [3.05, 3.63) is 89.7 Å². The van der Waals surface area contributed by atoms with E-state index in [1.165, 1.54) is 0 Å². The summed E-state index contributed by atoms with van der Waals surface area (Å²) in [5, 5.41) is 3.17. The van der Waals surface area contributed by atoms with E-state index in [-0.39, 0.29) is 11.9 Å². The van der Waals surface area contributed by atoms with Crippen LogP contribution in [0, 0.1) is 0 Å². The number of para-hydroxylation sites is 2. The largest absolute Gasteiger partial charge is 0.493 e. The van der Waals surface area contributed by atoms with Gasteiger partial charge in [-0.25, -0.2) is 4.98 Å². The van der Waals surface area contributed by atoms with Crippen molar-refractivity contribution in [3.63, 3.8) is 0 Å². The number of ether oxygens (including phenoxy) is 2. The first-order valence-corrected chi connectivity index (χ1v) is 10.1. The molecule has 3 aromatic carbocycles. The maximum Gasteiger partial charge on any atom is 0.251 e. The molecule has 6 heteroatoms. The van der Waals surface area contributed by atoms with Crippen LogP contribution < -0.4 is 14.8 Å². The number of carbonyl (C=O) groups is 1. The number of nitrogens with zero attached hydrogens (tertiary/aromatic N) is 2. The second-order valence-electron chi connectivity index (χ2n) is 7.29. The number of hydrogen-bond donors (Lipinski definition) is 1. The lowest BCUT2D eigenvalue weighted by atomic mass is 10.0. The average Bonchev–Trinajstić information content (AvgIpc) is 3.14. The molecule has 1 amide bonds. The molecular formula is C25H25N3O3. The SMILES string of the molecule is COc1ccc(C(=O)NC(Cc2nc3ccccc3n2C)c2ccccc2)cc1OC. The van der Waals surface area contributed by atoms with Crippen LogP contribution >= 0.6 is 0 Å². The number of nitrogens with one attached hydrogen (secondary N) is 1. The lowest BCUT2D eigenvalue weighted by Gasteiger charge is -2.20. The fourth-order valence-corrected chi connectivity index (χ4v) is 3.72. The maximum absolute atomic E-state index is 13.1. The van der Waals surface area contributed by atoms with E-state index in [1.54, 1.807) is 32.4 Å². The Labute approximate surface area is 181 Å². The Kier molecular flexibility index (Phi) is 5.89. The Balaban J connectivity index is 1.64. The van der Waals surface area contributed by atoms with Crippen molar-refractivity contribution >= 4 is 16.9 Å². The lowest BCUT2D eigenvalue weighted by Crippen LogP contribution is -2.30. The molecule has 31 heavy (non-hydrogen) atoms. The van der Waals surface area contributed by atoms with E-state index < -0.39 is 0 Å². The number of amides is 1. The van der Waals surface area contributed by atoms with Crippen LogP contribution in [-0.4, -0.2) is 29.7 Å². The molecule has 0 aliphatic rings. The van der Waals surface area contributed by atoms with Crippen LogP contribution in [0.4, 0.5) is 0 Å². The summed E-state index contributed by atoms with van der Waals surface area (Å²) in [6.07, 6.45) is 0.564. The van der Waals surface area contributed by atoms with Gasteiger partial charge in [-0.2, -0.15) is 0 Å². The second-order valence-corrected chi connectivity index (χ2v) is 7.29. The molecular weight excluding hydrogens is 390 g/mol. The average molecular weight is 415 g/mol. The summed E-state index contributed by atoms with van der Waals surface area (Å²) in [6, 6.07) is 22.9. The quantitative estimate of drug-likeness (QED) is 0.489. The van der Waals surface area contributed by atoms with E-state index in [9.17, 15) is 4.79 Å². The van der Waals surface area contributed by atoms with E-state index >= 15 is 0 Å². The molecule has 0 aliphatic carbocycles. The van der Waals surface area contributed by atoms with E-state index in [1.807, 2.05) is 61.6 Å². The monoisotopic (exact) mass is 415 g/mol. The Morgan fingerprint density at radius 2 is 1.68 bits per heavy atom. The highest BCUT2D eigenvalue weighted by Crippen LogP contribution is 2.28. The smallest absolute Gasteiger partial charge is 0.251 e. The van der Waals surface area contributed by atoms with Crippen LogP contribution in [0.15, 0.2) is 72.8 Å². The lowest BCUT2D eigenvalue weighted by molar-refractivity contribution is 0.0935. The van der Waals surface area contributed by atoms with E-state index in [0.29, 0.717) is 23.5 Å². The zero-order chi connectivity index (χ0) is 21.8. The van der Waals surface area contributed by atoms with Crippen molar-refractivity contribution < 1.29 is 14.3 Å². The third-order valence-electron chi connectivity index (χ3n) is 5.42. The minimum atomic E-state index is -0.239. The van der Waals surface area contributed by atoms with Gasteiger partial charge in [-0.1, -0.05) is 42.5 Å². The standard InChI is InChI=1S/C25H25N3O3/c1-28-21-12-8-7-11-19(21)26-24(28)16-20(17-9-5-4-6-10-17)27-25(29)18-13-14-22(30-2)23(15-18)31-3/h4-15,20H,16H2,1-3H3,(H,27,29). The molecule has 1 heterocycles. The molecule has 158 valence electrons. The highest BCUT2D eigenvalue weighted by atomic mass is 16.5. The molecule has 0 saturated carbocycles. The summed E-state index contributed by atoms with van der Waals surface area (Å²) >= 11 is 0. The highest BCUT2D eigenvalue weighted by molar-refractivity contribution is 5.95. The molecule has 4 rings (SSSR count). The van der Waals surface area contributed by atoms with Gasteiger partial charge in [-0.05, 0) is 35.9 Å². The van der Waals surface area contributed by atoms with Gasteiger partial charge >= 0.3 is 0 Å². The van der Waals surface area contributed by atoms with Gasteiger partial charge in [-0.15, -0.1) is 0 Å². The van der Waals surface area contributed by atoms with Crippen molar-refractivity contribution in [2.24, 2.45) is 7.05 Å². The molecule has 1 unspecified atom stereocenters. The number of hydrogen-bond acceptors (Lipinski definition) is 4. The molecule has 0 radical (unpaired) electrons. The van der Waals surface area contributed by atoms with Crippen LogP contribution in [0.1, 0.15) is 27.8 Å². The Morgan fingerprint density at radius 1 is 0.968 bits per heavy atom. The zero-order valence-electron chi connectivity index (χ0n) is 17.8. The summed E-state index contributed by atoms with van der Waals surface area (Å²) < 4.78 is 12.7. The molecule has 1 aromatic heterocycles. The first kappa shape index (κ1) is 20.5. The van der Waals surface area contributed by atoms with Gasteiger partial charge in [0.05, 0.1) is 31.3 Å². The first-order valence-electron chi connectivity index (χ1n) is 10.1. The van der Waals surface area contributed by atoms with E-state index in [0.717, 1.165) is 22.4 Å². The van der Waals surface area contributed by atoms with Gasteiger partial charge in [0.2, 0.25) is 0 Å². The summed E-state index contributed by atoms with van der Waals surface area (Å²) in [5.41, 5.74) is 3.53. The van der Waals surface area contributed by atoms with E-state index in [2.05, 4.69) is 9.88 Å². The predicted molar refractivity (Wildman–Crippen MR) is 121 cm³/mol. The van der Waals surface area contributed by atoms with Gasteiger partial charge in [0.1, 0.15) is 5.82 Å². The number of rotatable bonds is 7. The Hall–Kier alpha value is -3.80. The Bertz CT molecular complexity index is 1200. The minimum Gasteiger partial charge on any atom is -0.493 e. The van der Waals surface area contributed by atoms with Crippen LogP contribution in [-0.2, 0) is 13.5 Å². The summed E-state index contributed by atoms with van der Waals surface area (Å²) in [6.45, 7) is 0. The predicted octanol–water partition coefficient (Wildman–Crippen LogP) is 4.30. The summed E-state index contributed by atoms with van der Waals surface area (Å²) in [5.74, 6) is 1.82. The van der Waals surface area contributed by atoms with Crippen LogP contribution in [0.5, 0.6) is 11.5 Å². The molecule has 1 atom stereocenters. The first-order chi connectivity index (χ1) is 15.1. The number of carbonyl (C=O) groups excluding carboxylic acids is 1. The van der Waals surface area contributed by atoms with Gasteiger partial charge in [-0.3, -0.25) is 4.79 Å². The van der Waals surface area contributed by atoms with Gasteiger partial charge in [0, 0.05) is 19.0 Å². The van der Waals surface area contributed by atoms with Crippen LogP contribution in [0.2, 0.25) is 0 Å². The number of aryl methyl sites for hydroxylation is 1. The summed E-state index contributed by atoms with van der Waals surface area (Å²) in [7, 11) is 5.13. The number of benzene rings is 3.